The maximum atomic E-state index is 6.07. The predicted octanol–water partition coefficient (Wildman–Crippen LogP) is 5.03. The van der Waals surface area contributed by atoms with E-state index in [0.717, 1.165) is 23.8 Å². The maximum Gasteiger partial charge on any atom is 0.0830 e. The molecule has 1 heterocycles. The number of halogens is 1. The van der Waals surface area contributed by atoms with Crippen LogP contribution in [0.3, 0.4) is 0 Å². The molecule has 104 valence electrons. The highest BCUT2D eigenvalue weighted by Crippen LogP contribution is 2.37. The number of ether oxygens (including phenoxy) is 1. The number of fused-ring (bicyclic) bond motifs is 1. The van der Waals surface area contributed by atoms with Crippen LogP contribution in [0.4, 0.5) is 0 Å². The SMILES string of the molecule is BrC1CCCCC(CC2OCCc3ccccc32)C1. The molecule has 1 nitrogen and oxygen atoms in total. The molecule has 0 bridgehead atoms. The number of alkyl halides is 1. The summed E-state index contributed by atoms with van der Waals surface area (Å²) >= 11 is 3.83. The lowest BCUT2D eigenvalue weighted by Gasteiger charge is -2.29. The molecule has 3 unspecified atom stereocenters. The summed E-state index contributed by atoms with van der Waals surface area (Å²) in [5, 5.41) is 0. The summed E-state index contributed by atoms with van der Waals surface area (Å²) in [7, 11) is 0. The van der Waals surface area contributed by atoms with Crippen molar-refractivity contribution >= 4 is 15.9 Å². The molecule has 3 atom stereocenters. The summed E-state index contributed by atoms with van der Waals surface area (Å²) in [5.74, 6) is 0.822. The van der Waals surface area contributed by atoms with E-state index >= 15 is 0 Å². The Morgan fingerprint density at radius 1 is 1.16 bits per heavy atom. The van der Waals surface area contributed by atoms with Crippen molar-refractivity contribution in [3.63, 3.8) is 0 Å². The van der Waals surface area contributed by atoms with E-state index in [1.807, 2.05) is 0 Å². The van der Waals surface area contributed by atoms with Crippen molar-refractivity contribution in [1.29, 1.82) is 0 Å². The highest BCUT2D eigenvalue weighted by atomic mass is 79.9. The molecular weight excluding hydrogens is 300 g/mol. The summed E-state index contributed by atoms with van der Waals surface area (Å²) in [6, 6.07) is 8.84. The smallest absolute Gasteiger partial charge is 0.0830 e. The van der Waals surface area contributed by atoms with Gasteiger partial charge in [0.25, 0.3) is 0 Å². The van der Waals surface area contributed by atoms with Gasteiger partial charge >= 0.3 is 0 Å². The van der Waals surface area contributed by atoms with Crippen molar-refractivity contribution in [3.05, 3.63) is 35.4 Å². The average Bonchev–Trinajstić information content (AvgIpc) is 2.63. The largest absolute Gasteiger partial charge is 0.373 e. The van der Waals surface area contributed by atoms with E-state index < -0.39 is 0 Å². The second-order valence-corrected chi connectivity index (χ2v) is 7.32. The quantitative estimate of drug-likeness (QED) is 0.547. The minimum Gasteiger partial charge on any atom is -0.373 e. The summed E-state index contributed by atoms with van der Waals surface area (Å²) < 4.78 is 6.07. The van der Waals surface area contributed by atoms with E-state index in [4.69, 9.17) is 4.74 Å². The molecule has 2 aliphatic rings. The Balaban J connectivity index is 1.70. The normalized spacial score (nSPS) is 31.5. The van der Waals surface area contributed by atoms with Crippen LogP contribution in [0.1, 0.15) is 55.8 Å². The lowest BCUT2D eigenvalue weighted by atomic mass is 9.87. The van der Waals surface area contributed by atoms with Crippen LogP contribution in [-0.4, -0.2) is 11.4 Å². The summed E-state index contributed by atoms with van der Waals surface area (Å²) in [6.07, 6.45) is 9.45. The predicted molar refractivity (Wildman–Crippen MR) is 82.7 cm³/mol. The van der Waals surface area contributed by atoms with Crippen LogP contribution in [-0.2, 0) is 11.2 Å². The Kier molecular flexibility index (Phi) is 4.60. The van der Waals surface area contributed by atoms with Crippen molar-refractivity contribution in [2.75, 3.05) is 6.61 Å². The van der Waals surface area contributed by atoms with Gasteiger partial charge in [-0.05, 0) is 42.7 Å². The number of benzene rings is 1. The van der Waals surface area contributed by atoms with Crippen LogP contribution in [0.25, 0.3) is 0 Å². The van der Waals surface area contributed by atoms with Crippen LogP contribution >= 0.6 is 15.9 Å². The topological polar surface area (TPSA) is 9.23 Å². The summed E-state index contributed by atoms with van der Waals surface area (Å²) in [4.78, 5) is 0.721. The fraction of sp³-hybridized carbons (Fsp3) is 0.647. The third-order valence-electron chi connectivity index (χ3n) is 4.61. The number of rotatable bonds is 2. The Morgan fingerprint density at radius 2 is 2.00 bits per heavy atom. The molecule has 1 fully saturated rings. The standard InChI is InChI=1S/C17H23BrO/c18-15-7-3-1-5-13(11-15)12-17-16-8-4-2-6-14(16)9-10-19-17/h2,4,6,8,13,15,17H,1,3,5,7,9-12H2. The molecule has 1 aromatic carbocycles. The second kappa shape index (κ2) is 6.41. The van der Waals surface area contributed by atoms with E-state index in [2.05, 4.69) is 40.2 Å². The first-order valence-corrected chi connectivity index (χ1v) is 8.58. The number of hydrogen-bond acceptors (Lipinski definition) is 1. The molecule has 0 aromatic heterocycles. The van der Waals surface area contributed by atoms with Crippen molar-refractivity contribution in [3.8, 4) is 0 Å². The van der Waals surface area contributed by atoms with Gasteiger partial charge in [0.15, 0.2) is 0 Å². The first-order valence-electron chi connectivity index (χ1n) is 7.66. The van der Waals surface area contributed by atoms with Gasteiger partial charge in [-0.25, -0.2) is 0 Å². The van der Waals surface area contributed by atoms with Gasteiger partial charge in [-0.1, -0.05) is 59.5 Å². The molecule has 0 N–H and O–H groups in total. The van der Waals surface area contributed by atoms with E-state index in [-0.39, 0.29) is 0 Å². The molecule has 0 amide bonds. The van der Waals surface area contributed by atoms with Gasteiger partial charge < -0.3 is 4.74 Å². The molecule has 1 saturated carbocycles. The first kappa shape index (κ1) is 13.6. The monoisotopic (exact) mass is 322 g/mol. The molecule has 19 heavy (non-hydrogen) atoms. The maximum absolute atomic E-state index is 6.07. The lowest BCUT2D eigenvalue weighted by molar-refractivity contribution is 0.0238. The molecular formula is C17H23BrO. The van der Waals surface area contributed by atoms with Gasteiger partial charge in [-0.15, -0.1) is 0 Å². The molecule has 1 aliphatic carbocycles. The Bertz CT molecular complexity index is 417. The highest BCUT2D eigenvalue weighted by molar-refractivity contribution is 9.09. The Labute approximate surface area is 124 Å². The van der Waals surface area contributed by atoms with Gasteiger partial charge in [0.1, 0.15) is 0 Å². The zero-order valence-electron chi connectivity index (χ0n) is 11.5. The van der Waals surface area contributed by atoms with Crippen molar-refractivity contribution < 1.29 is 4.74 Å². The molecule has 0 saturated heterocycles. The van der Waals surface area contributed by atoms with Crippen molar-refractivity contribution in [1.82, 2.24) is 0 Å². The minimum absolute atomic E-state index is 0.341. The number of hydrogen-bond donors (Lipinski definition) is 0. The van der Waals surface area contributed by atoms with Crippen molar-refractivity contribution in [2.24, 2.45) is 5.92 Å². The zero-order valence-corrected chi connectivity index (χ0v) is 13.1. The molecule has 1 aliphatic heterocycles. The third-order valence-corrected chi connectivity index (χ3v) is 5.44. The average molecular weight is 323 g/mol. The summed E-state index contributed by atoms with van der Waals surface area (Å²) in [5.41, 5.74) is 2.95. The fourth-order valence-electron chi connectivity index (χ4n) is 3.58. The Morgan fingerprint density at radius 3 is 2.95 bits per heavy atom. The fourth-order valence-corrected chi connectivity index (χ4v) is 4.44. The molecule has 0 radical (unpaired) electrons. The zero-order chi connectivity index (χ0) is 13.1. The van der Waals surface area contributed by atoms with E-state index in [9.17, 15) is 0 Å². The van der Waals surface area contributed by atoms with Crippen LogP contribution < -0.4 is 0 Å². The van der Waals surface area contributed by atoms with E-state index in [1.54, 1.807) is 0 Å². The van der Waals surface area contributed by atoms with Crippen molar-refractivity contribution in [2.45, 2.75) is 55.9 Å². The third kappa shape index (κ3) is 3.41. The van der Waals surface area contributed by atoms with E-state index in [1.165, 1.54) is 49.7 Å². The van der Waals surface area contributed by atoms with Gasteiger partial charge in [-0.3, -0.25) is 0 Å². The Hall–Kier alpha value is -0.340. The molecule has 1 aromatic rings. The van der Waals surface area contributed by atoms with Gasteiger partial charge in [0.05, 0.1) is 12.7 Å². The molecule has 3 rings (SSSR count). The van der Waals surface area contributed by atoms with Crippen LogP contribution in [0.15, 0.2) is 24.3 Å². The first-order chi connectivity index (χ1) is 9.33. The van der Waals surface area contributed by atoms with Crippen LogP contribution in [0.2, 0.25) is 0 Å². The lowest BCUT2D eigenvalue weighted by Crippen LogP contribution is -2.19. The highest BCUT2D eigenvalue weighted by Gasteiger charge is 2.26. The van der Waals surface area contributed by atoms with Gasteiger partial charge in [0, 0.05) is 4.83 Å². The molecule has 0 spiro atoms. The van der Waals surface area contributed by atoms with Gasteiger partial charge in [0.2, 0.25) is 0 Å². The van der Waals surface area contributed by atoms with E-state index in [0.29, 0.717) is 6.10 Å². The minimum atomic E-state index is 0.341. The van der Waals surface area contributed by atoms with Crippen LogP contribution in [0, 0.1) is 5.92 Å². The summed E-state index contributed by atoms with van der Waals surface area (Å²) in [6.45, 7) is 0.895. The van der Waals surface area contributed by atoms with Gasteiger partial charge in [-0.2, -0.15) is 0 Å². The molecule has 2 heteroatoms. The second-order valence-electron chi connectivity index (χ2n) is 6.03. The van der Waals surface area contributed by atoms with Crippen LogP contribution in [0.5, 0.6) is 0 Å².